The molecule has 0 saturated heterocycles. The number of aromatic hydroxyl groups is 1. The van der Waals surface area contributed by atoms with E-state index in [-0.39, 0.29) is 35.9 Å². The molecule has 0 aliphatic carbocycles. The van der Waals surface area contributed by atoms with E-state index in [0.29, 0.717) is 17.3 Å². The van der Waals surface area contributed by atoms with E-state index in [1.165, 1.54) is 16.7 Å². The smallest absolute Gasteiger partial charge is 0.342 e. The van der Waals surface area contributed by atoms with Crippen molar-refractivity contribution in [2.24, 2.45) is 0 Å². The highest BCUT2D eigenvalue weighted by atomic mass is 79.9. The minimum Gasteiger partial charge on any atom is -0.507 e. The number of esters is 1. The van der Waals surface area contributed by atoms with Crippen molar-refractivity contribution in [3.8, 4) is 5.75 Å². The standard InChI is InChI=1S/C20H25BrN4O6/c1-3-5-9-24(16-17(22)25(8-4-2)20(30)23-18(16)28)15(27)11-31-19(29)13-10-12(21)6-7-14(13)26/h6-7,10,26H,3-5,8-9,11,22H2,1-2H3,(H,23,28,30). The Hall–Kier alpha value is -3.08. The molecule has 2 aromatic rings. The van der Waals surface area contributed by atoms with Gasteiger partial charge in [-0.15, -0.1) is 0 Å². The van der Waals surface area contributed by atoms with Crippen LogP contribution in [-0.4, -0.2) is 39.7 Å². The summed E-state index contributed by atoms with van der Waals surface area (Å²) in [7, 11) is 0. The molecule has 10 nitrogen and oxygen atoms in total. The van der Waals surface area contributed by atoms with Gasteiger partial charge in [0, 0.05) is 17.6 Å². The normalized spacial score (nSPS) is 10.7. The van der Waals surface area contributed by atoms with Crippen LogP contribution in [0.1, 0.15) is 43.5 Å². The van der Waals surface area contributed by atoms with Crippen molar-refractivity contribution in [1.82, 2.24) is 9.55 Å². The second-order valence-corrected chi connectivity index (χ2v) is 7.70. The Bertz CT molecular complexity index is 1080. The lowest BCUT2D eigenvalue weighted by atomic mass is 10.2. The van der Waals surface area contributed by atoms with Gasteiger partial charge in [0.2, 0.25) is 0 Å². The van der Waals surface area contributed by atoms with E-state index in [0.717, 1.165) is 11.3 Å². The number of anilines is 2. The van der Waals surface area contributed by atoms with E-state index >= 15 is 0 Å². The van der Waals surface area contributed by atoms with Gasteiger partial charge in [-0.05, 0) is 31.0 Å². The number of hydrogen-bond donors (Lipinski definition) is 3. The molecule has 0 radical (unpaired) electrons. The van der Waals surface area contributed by atoms with Gasteiger partial charge in [0.15, 0.2) is 12.3 Å². The fraction of sp³-hybridized carbons (Fsp3) is 0.400. The fourth-order valence-electron chi connectivity index (χ4n) is 2.92. The van der Waals surface area contributed by atoms with Gasteiger partial charge in [-0.3, -0.25) is 19.1 Å². The lowest BCUT2D eigenvalue weighted by Gasteiger charge is -2.24. The maximum Gasteiger partial charge on any atom is 0.342 e. The number of H-pyrrole nitrogens is 1. The van der Waals surface area contributed by atoms with Crippen LogP contribution in [0, 0.1) is 0 Å². The number of unbranched alkanes of at least 4 members (excludes halogenated alkanes) is 1. The van der Waals surface area contributed by atoms with E-state index in [9.17, 15) is 24.3 Å². The Balaban J connectivity index is 2.32. The molecule has 0 aliphatic rings. The van der Waals surface area contributed by atoms with Crippen LogP contribution in [0.25, 0.3) is 0 Å². The number of halogens is 1. The summed E-state index contributed by atoms with van der Waals surface area (Å²) in [5.41, 5.74) is 4.34. The summed E-state index contributed by atoms with van der Waals surface area (Å²) < 4.78 is 6.79. The molecule has 1 amide bonds. The highest BCUT2D eigenvalue weighted by molar-refractivity contribution is 9.10. The number of carbonyl (C=O) groups excluding carboxylic acids is 2. The van der Waals surface area contributed by atoms with Gasteiger partial charge in [-0.2, -0.15) is 0 Å². The number of nitrogen functional groups attached to an aromatic ring is 1. The number of nitrogens with zero attached hydrogens (tertiary/aromatic N) is 2. The molecule has 2 rings (SSSR count). The van der Waals surface area contributed by atoms with E-state index in [1.54, 1.807) is 6.07 Å². The first-order chi connectivity index (χ1) is 14.7. The summed E-state index contributed by atoms with van der Waals surface area (Å²) >= 11 is 3.19. The maximum absolute atomic E-state index is 12.9. The van der Waals surface area contributed by atoms with E-state index < -0.39 is 29.7 Å². The number of nitrogens with two attached hydrogens (primary N) is 1. The van der Waals surface area contributed by atoms with Gasteiger partial charge in [0.05, 0.1) is 0 Å². The molecule has 31 heavy (non-hydrogen) atoms. The van der Waals surface area contributed by atoms with Gasteiger partial charge in [0.1, 0.15) is 17.1 Å². The summed E-state index contributed by atoms with van der Waals surface area (Å²) in [6.45, 7) is 3.48. The highest BCUT2D eigenvalue weighted by Crippen LogP contribution is 2.23. The minimum atomic E-state index is -0.902. The van der Waals surface area contributed by atoms with E-state index in [2.05, 4.69) is 20.9 Å². The first-order valence-electron chi connectivity index (χ1n) is 9.79. The van der Waals surface area contributed by atoms with Crippen LogP contribution in [-0.2, 0) is 16.1 Å². The number of ether oxygens (including phenoxy) is 1. The lowest BCUT2D eigenvalue weighted by Crippen LogP contribution is -2.43. The summed E-state index contributed by atoms with van der Waals surface area (Å²) in [6.07, 6.45) is 1.87. The molecule has 0 atom stereocenters. The second kappa shape index (κ2) is 10.8. The van der Waals surface area contributed by atoms with Crippen LogP contribution in [0.5, 0.6) is 5.75 Å². The highest BCUT2D eigenvalue weighted by Gasteiger charge is 2.25. The van der Waals surface area contributed by atoms with Crippen molar-refractivity contribution in [1.29, 1.82) is 0 Å². The summed E-state index contributed by atoms with van der Waals surface area (Å²) in [5, 5.41) is 9.84. The Morgan fingerprint density at radius 2 is 1.97 bits per heavy atom. The zero-order chi connectivity index (χ0) is 23.1. The van der Waals surface area contributed by atoms with E-state index in [1.807, 2.05) is 13.8 Å². The molecule has 11 heteroatoms. The van der Waals surface area contributed by atoms with Crippen LogP contribution in [0.3, 0.4) is 0 Å². The average Bonchev–Trinajstić information content (AvgIpc) is 2.73. The number of aromatic amines is 1. The van der Waals surface area contributed by atoms with Crippen LogP contribution in [0.4, 0.5) is 11.5 Å². The van der Waals surface area contributed by atoms with Gasteiger partial charge in [-0.25, -0.2) is 9.59 Å². The van der Waals surface area contributed by atoms with Crippen LogP contribution < -0.4 is 21.9 Å². The number of benzene rings is 1. The topological polar surface area (TPSA) is 148 Å². The first-order valence-corrected chi connectivity index (χ1v) is 10.6. The number of nitrogens with one attached hydrogen (secondary N) is 1. The zero-order valence-electron chi connectivity index (χ0n) is 17.3. The van der Waals surface area contributed by atoms with Gasteiger partial charge >= 0.3 is 11.7 Å². The summed E-state index contributed by atoms with van der Waals surface area (Å²) in [6, 6.07) is 4.22. The molecule has 0 aliphatic heterocycles. The third kappa shape index (κ3) is 5.75. The van der Waals surface area contributed by atoms with E-state index in [4.69, 9.17) is 10.5 Å². The molecule has 0 saturated carbocycles. The Morgan fingerprint density at radius 3 is 2.61 bits per heavy atom. The molecule has 4 N–H and O–H groups in total. The molecule has 1 aromatic heterocycles. The number of hydrogen-bond acceptors (Lipinski definition) is 7. The summed E-state index contributed by atoms with van der Waals surface area (Å²) in [4.78, 5) is 53.0. The molecule has 0 spiro atoms. The molecule has 1 heterocycles. The number of amides is 1. The molecule has 1 aromatic carbocycles. The number of phenolic OH excluding ortho intramolecular Hbond substituents is 1. The monoisotopic (exact) mass is 496 g/mol. The molecule has 0 unspecified atom stereocenters. The molecule has 168 valence electrons. The van der Waals surface area contributed by atoms with Crippen molar-refractivity contribution >= 4 is 39.3 Å². The predicted octanol–water partition coefficient (Wildman–Crippen LogP) is 1.99. The van der Waals surface area contributed by atoms with Gasteiger partial charge in [-0.1, -0.05) is 36.2 Å². The number of aromatic nitrogens is 2. The third-order valence-corrected chi connectivity index (χ3v) is 4.97. The first kappa shape index (κ1) is 24.2. The minimum absolute atomic E-state index is 0.115. The Kier molecular flexibility index (Phi) is 8.43. The van der Waals surface area contributed by atoms with Crippen molar-refractivity contribution in [3.63, 3.8) is 0 Å². The molecular formula is C20H25BrN4O6. The fourth-order valence-corrected chi connectivity index (χ4v) is 3.28. The second-order valence-electron chi connectivity index (χ2n) is 6.78. The molecule has 0 fully saturated rings. The predicted molar refractivity (Wildman–Crippen MR) is 119 cm³/mol. The number of phenols is 1. The van der Waals surface area contributed by atoms with Crippen LogP contribution in [0.15, 0.2) is 32.3 Å². The SMILES string of the molecule is CCCCN(C(=O)COC(=O)c1cc(Br)ccc1O)c1c(N)n(CCC)c(=O)[nH]c1=O. The molecule has 0 bridgehead atoms. The van der Waals surface area contributed by atoms with Crippen molar-refractivity contribution < 1.29 is 19.4 Å². The number of carbonyl (C=O) groups is 2. The van der Waals surface area contributed by atoms with Crippen LogP contribution >= 0.6 is 15.9 Å². The van der Waals surface area contributed by atoms with Crippen LogP contribution in [0.2, 0.25) is 0 Å². The van der Waals surface area contributed by atoms with Gasteiger partial charge in [0.25, 0.3) is 11.5 Å². The molecular weight excluding hydrogens is 472 g/mol. The van der Waals surface area contributed by atoms with Crippen molar-refractivity contribution in [2.75, 3.05) is 23.8 Å². The largest absolute Gasteiger partial charge is 0.507 e. The average molecular weight is 497 g/mol. The zero-order valence-corrected chi connectivity index (χ0v) is 18.9. The number of rotatable bonds is 9. The third-order valence-electron chi connectivity index (χ3n) is 4.47. The lowest BCUT2D eigenvalue weighted by molar-refractivity contribution is -0.121. The Morgan fingerprint density at radius 1 is 1.26 bits per heavy atom. The van der Waals surface area contributed by atoms with Gasteiger partial charge < -0.3 is 20.5 Å². The quantitative estimate of drug-likeness (QED) is 0.449. The van der Waals surface area contributed by atoms with Crippen molar-refractivity contribution in [3.05, 3.63) is 49.1 Å². The Labute approximate surface area is 186 Å². The maximum atomic E-state index is 12.9. The van der Waals surface area contributed by atoms with Crippen molar-refractivity contribution in [2.45, 2.75) is 39.7 Å². The summed E-state index contributed by atoms with van der Waals surface area (Å²) in [5.74, 6) is -2.01.